The van der Waals surface area contributed by atoms with Gasteiger partial charge in [-0.15, -0.1) is 0 Å². The molecule has 1 rings (SSSR count). The number of hydrogen-bond donors (Lipinski definition) is 0. The molecule has 0 saturated heterocycles. The monoisotopic (exact) mass is 214 g/mol. The van der Waals surface area contributed by atoms with Crippen molar-refractivity contribution < 1.29 is 4.79 Å². The van der Waals surface area contributed by atoms with Crippen LogP contribution < -0.4 is 0 Å². The highest BCUT2D eigenvalue weighted by Gasteiger charge is 2.17. The molecule has 0 radical (unpaired) electrons. The molecule has 0 bridgehead atoms. The summed E-state index contributed by atoms with van der Waals surface area (Å²) in [6, 6.07) is 7.87. The van der Waals surface area contributed by atoms with Gasteiger partial charge in [0.2, 0.25) is 0 Å². The normalized spacial score (nSPS) is 11.7. The molecule has 0 atom stereocenters. The summed E-state index contributed by atoms with van der Waals surface area (Å²) in [7, 11) is 0. The second-order valence-corrected chi connectivity index (χ2v) is 4.78. The highest BCUT2D eigenvalue weighted by molar-refractivity contribution is 5.97. The van der Waals surface area contributed by atoms with Gasteiger partial charge in [0.25, 0.3) is 0 Å². The summed E-state index contributed by atoms with van der Waals surface area (Å²) >= 11 is 0. The quantitative estimate of drug-likeness (QED) is 0.696. The Hall–Kier alpha value is -1.63. The van der Waals surface area contributed by atoms with E-state index >= 15 is 0 Å². The maximum Gasteiger partial charge on any atom is 0.161 e. The number of carbonyl (C=O) groups excluding carboxylic acids is 1. The van der Waals surface area contributed by atoms with Gasteiger partial charge in [-0.25, -0.2) is 0 Å². The molecule has 0 heterocycles. The van der Waals surface area contributed by atoms with Gasteiger partial charge in [0.15, 0.2) is 5.78 Å². The lowest BCUT2D eigenvalue weighted by molar-refractivity contribution is -0.121. The molecule has 16 heavy (non-hydrogen) atoms. The van der Waals surface area contributed by atoms with Crippen LogP contribution in [0.3, 0.4) is 0 Å². The van der Waals surface area contributed by atoms with Crippen LogP contribution in [0.1, 0.15) is 31.9 Å². The van der Waals surface area contributed by atoms with Crippen molar-refractivity contribution in [3.05, 3.63) is 48.0 Å². The SMILES string of the molecule is C=Cc1ccccc1/C=C/C(=O)C(C)(C)C. The third-order valence-corrected chi connectivity index (χ3v) is 2.37. The highest BCUT2D eigenvalue weighted by Crippen LogP contribution is 2.17. The Balaban J connectivity index is 2.93. The van der Waals surface area contributed by atoms with Gasteiger partial charge in [-0.1, -0.05) is 63.8 Å². The van der Waals surface area contributed by atoms with Crippen LogP contribution in [-0.2, 0) is 4.79 Å². The van der Waals surface area contributed by atoms with Crippen LogP contribution >= 0.6 is 0 Å². The summed E-state index contributed by atoms with van der Waals surface area (Å²) in [5, 5.41) is 0. The van der Waals surface area contributed by atoms with Crippen molar-refractivity contribution in [2.24, 2.45) is 5.41 Å². The van der Waals surface area contributed by atoms with E-state index in [0.29, 0.717) is 0 Å². The number of ketones is 1. The van der Waals surface area contributed by atoms with Crippen molar-refractivity contribution >= 4 is 17.9 Å². The molecule has 0 aliphatic rings. The zero-order chi connectivity index (χ0) is 12.2. The van der Waals surface area contributed by atoms with Crippen LogP contribution in [0.4, 0.5) is 0 Å². The molecule has 0 saturated carbocycles. The van der Waals surface area contributed by atoms with Crippen molar-refractivity contribution in [2.75, 3.05) is 0 Å². The molecule has 0 spiro atoms. The molecular weight excluding hydrogens is 196 g/mol. The third-order valence-electron chi connectivity index (χ3n) is 2.37. The lowest BCUT2D eigenvalue weighted by Crippen LogP contribution is -2.17. The van der Waals surface area contributed by atoms with Crippen molar-refractivity contribution in [1.82, 2.24) is 0 Å². The second kappa shape index (κ2) is 4.93. The number of carbonyl (C=O) groups is 1. The first kappa shape index (κ1) is 12.4. The fourth-order valence-electron chi connectivity index (χ4n) is 1.26. The molecule has 1 aromatic carbocycles. The molecule has 0 N–H and O–H groups in total. The fourth-order valence-corrected chi connectivity index (χ4v) is 1.26. The number of allylic oxidation sites excluding steroid dienone is 1. The maximum atomic E-state index is 11.7. The molecule has 1 heteroatoms. The molecule has 0 aliphatic heterocycles. The van der Waals surface area contributed by atoms with E-state index in [2.05, 4.69) is 6.58 Å². The average Bonchev–Trinajstić information content (AvgIpc) is 2.24. The zero-order valence-corrected chi connectivity index (χ0v) is 10.2. The minimum absolute atomic E-state index is 0.131. The van der Waals surface area contributed by atoms with Crippen LogP contribution in [0.2, 0.25) is 0 Å². The Labute approximate surface area is 97.5 Å². The summed E-state index contributed by atoms with van der Waals surface area (Å²) in [5.74, 6) is 0.131. The van der Waals surface area contributed by atoms with Gasteiger partial charge in [0.05, 0.1) is 0 Å². The van der Waals surface area contributed by atoms with Gasteiger partial charge in [-0.2, -0.15) is 0 Å². The first-order chi connectivity index (χ1) is 7.45. The van der Waals surface area contributed by atoms with Crippen molar-refractivity contribution in [1.29, 1.82) is 0 Å². The van der Waals surface area contributed by atoms with E-state index < -0.39 is 0 Å². The summed E-state index contributed by atoms with van der Waals surface area (Å²) in [5.41, 5.74) is 1.75. The zero-order valence-electron chi connectivity index (χ0n) is 10.2. The predicted octanol–water partition coefficient (Wildman–Crippen LogP) is 3.96. The molecule has 0 fully saturated rings. The van der Waals surface area contributed by atoms with Crippen molar-refractivity contribution in [3.8, 4) is 0 Å². The molecular formula is C15H18O. The molecule has 84 valence electrons. The summed E-state index contributed by atoms with van der Waals surface area (Å²) in [6.07, 6.45) is 5.29. The number of rotatable bonds is 3. The van der Waals surface area contributed by atoms with Crippen molar-refractivity contribution in [2.45, 2.75) is 20.8 Å². The van der Waals surface area contributed by atoms with E-state index in [4.69, 9.17) is 0 Å². The topological polar surface area (TPSA) is 17.1 Å². The van der Waals surface area contributed by atoms with Gasteiger partial charge >= 0.3 is 0 Å². The molecule has 0 aliphatic carbocycles. The molecule has 0 unspecified atom stereocenters. The van der Waals surface area contributed by atoms with Gasteiger partial charge in [0, 0.05) is 5.41 Å². The minimum atomic E-state index is -0.320. The van der Waals surface area contributed by atoms with E-state index in [1.165, 1.54) is 0 Å². The largest absolute Gasteiger partial charge is 0.294 e. The second-order valence-electron chi connectivity index (χ2n) is 4.78. The lowest BCUT2D eigenvalue weighted by atomic mass is 9.90. The molecule has 0 aromatic heterocycles. The summed E-state index contributed by atoms with van der Waals surface area (Å²) < 4.78 is 0. The summed E-state index contributed by atoms with van der Waals surface area (Å²) in [4.78, 5) is 11.7. The van der Waals surface area contributed by atoms with Gasteiger partial charge in [-0.05, 0) is 17.2 Å². The Bertz CT molecular complexity index is 419. The number of benzene rings is 1. The molecule has 1 nitrogen and oxygen atoms in total. The number of hydrogen-bond acceptors (Lipinski definition) is 1. The van der Waals surface area contributed by atoms with E-state index in [-0.39, 0.29) is 11.2 Å². The Kier molecular flexibility index (Phi) is 3.83. The van der Waals surface area contributed by atoms with Crippen LogP contribution in [0.25, 0.3) is 12.2 Å². The average molecular weight is 214 g/mol. The van der Waals surface area contributed by atoms with Gasteiger partial charge in [0.1, 0.15) is 0 Å². The Morgan fingerprint density at radius 1 is 1.19 bits per heavy atom. The standard InChI is InChI=1S/C15H18O/c1-5-12-8-6-7-9-13(12)10-11-14(16)15(2,3)4/h5-11H,1H2,2-4H3/b11-10+. The summed E-state index contributed by atoms with van der Waals surface area (Å²) in [6.45, 7) is 9.50. The molecule has 0 amide bonds. The van der Waals surface area contributed by atoms with E-state index in [1.807, 2.05) is 51.1 Å². The lowest BCUT2D eigenvalue weighted by Gasteiger charge is -2.13. The smallest absolute Gasteiger partial charge is 0.161 e. The third kappa shape index (κ3) is 3.20. The Morgan fingerprint density at radius 2 is 1.75 bits per heavy atom. The first-order valence-corrected chi connectivity index (χ1v) is 5.39. The van der Waals surface area contributed by atoms with Crippen LogP contribution in [-0.4, -0.2) is 5.78 Å². The fraction of sp³-hybridized carbons (Fsp3) is 0.267. The maximum absolute atomic E-state index is 11.7. The first-order valence-electron chi connectivity index (χ1n) is 5.39. The Morgan fingerprint density at radius 3 is 2.25 bits per heavy atom. The van der Waals surface area contributed by atoms with Crippen LogP contribution in [0.15, 0.2) is 36.9 Å². The minimum Gasteiger partial charge on any atom is -0.294 e. The van der Waals surface area contributed by atoms with Crippen LogP contribution in [0.5, 0.6) is 0 Å². The predicted molar refractivity (Wildman–Crippen MR) is 70.0 cm³/mol. The van der Waals surface area contributed by atoms with E-state index in [9.17, 15) is 4.79 Å². The van der Waals surface area contributed by atoms with Crippen molar-refractivity contribution in [3.63, 3.8) is 0 Å². The van der Waals surface area contributed by atoms with Gasteiger partial charge < -0.3 is 0 Å². The van der Waals surface area contributed by atoms with E-state index in [1.54, 1.807) is 12.2 Å². The van der Waals surface area contributed by atoms with E-state index in [0.717, 1.165) is 11.1 Å². The highest BCUT2D eigenvalue weighted by atomic mass is 16.1. The molecule has 1 aromatic rings. The van der Waals surface area contributed by atoms with Crippen LogP contribution in [0, 0.1) is 5.41 Å². The van der Waals surface area contributed by atoms with Gasteiger partial charge in [-0.3, -0.25) is 4.79 Å².